The molecule has 1 N–H and O–H groups in total. The second-order valence-electron chi connectivity index (χ2n) is 8.05. The molecule has 0 spiro atoms. The van der Waals surface area contributed by atoms with Gasteiger partial charge in [-0.15, -0.1) is 0 Å². The second kappa shape index (κ2) is 10.4. The molecule has 0 radical (unpaired) electrons. The van der Waals surface area contributed by atoms with Crippen molar-refractivity contribution in [1.29, 1.82) is 0 Å². The molecule has 4 rings (SSSR count). The van der Waals surface area contributed by atoms with Gasteiger partial charge in [0, 0.05) is 18.7 Å². The van der Waals surface area contributed by atoms with E-state index in [4.69, 9.17) is 21.7 Å². The lowest BCUT2D eigenvalue weighted by Gasteiger charge is -2.14. The van der Waals surface area contributed by atoms with E-state index in [1.54, 1.807) is 4.90 Å². The molecule has 1 fully saturated rings. The molecule has 0 aromatic heterocycles. The SMILES string of the molecule is Cc1cccc(NC(=O)CCCCCN2C(=O)C(=Cc3ccc4c(c3)OCO4)SC2=S)c1C. The van der Waals surface area contributed by atoms with Crippen LogP contribution in [0.1, 0.15) is 42.4 Å². The minimum absolute atomic E-state index is 0.0148. The number of fused-ring (bicyclic) bond motifs is 1. The second-order valence-corrected chi connectivity index (χ2v) is 9.73. The van der Waals surface area contributed by atoms with E-state index in [0.717, 1.165) is 41.6 Å². The van der Waals surface area contributed by atoms with Gasteiger partial charge in [-0.25, -0.2) is 0 Å². The van der Waals surface area contributed by atoms with Crippen LogP contribution in [0.5, 0.6) is 11.5 Å². The summed E-state index contributed by atoms with van der Waals surface area (Å²) in [4.78, 5) is 27.3. The molecule has 1 saturated heterocycles. The fourth-order valence-electron chi connectivity index (χ4n) is 3.68. The van der Waals surface area contributed by atoms with Gasteiger partial charge in [-0.3, -0.25) is 14.5 Å². The third-order valence-corrected chi connectivity index (χ3v) is 7.11. The summed E-state index contributed by atoms with van der Waals surface area (Å²) in [5.41, 5.74) is 3.99. The Hall–Kier alpha value is -2.84. The first-order chi connectivity index (χ1) is 15.9. The zero-order chi connectivity index (χ0) is 23.4. The zero-order valence-corrected chi connectivity index (χ0v) is 20.3. The Bertz CT molecular complexity index is 1130. The van der Waals surface area contributed by atoms with E-state index >= 15 is 0 Å². The van der Waals surface area contributed by atoms with E-state index in [0.29, 0.717) is 33.7 Å². The molecule has 6 nitrogen and oxygen atoms in total. The van der Waals surface area contributed by atoms with E-state index in [1.807, 2.05) is 56.3 Å². The van der Waals surface area contributed by atoms with Gasteiger partial charge in [-0.05, 0) is 67.7 Å². The number of carbonyl (C=O) groups excluding carboxylic acids is 2. The molecule has 0 unspecified atom stereocenters. The molecule has 2 amide bonds. The average molecular weight is 483 g/mol. The maximum Gasteiger partial charge on any atom is 0.266 e. The highest BCUT2D eigenvalue weighted by molar-refractivity contribution is 8.26. The van der Waals surface area contributed by atoms with Gasteiger partial charge in [0.1, 0.15) is 4.32 Å². The molecule has 2 aliphatic heterocycles. The molecular weight excluding hydrogens is 456 g/mol. The molecule has 0 aliphatic carbocycles. The number of hydrogen-bond acceptors (Lipinski definition) is 6. The van der Waals surface area contributed by atoms with Gasteiger partial charge in [-0.1, -0.05) is 48.6 Å². The van der Waals surface area contributed by atoms with Crippen molar-refractivity contribution in [3.8, 4) is 11.5 Å². The van der Waals surface area contributed by atoms with Gasteiger partial charge < -0.3 is 14.8 Å². The highest BCUT2D eigenvalue weighted by Gasteiger charge is 2.31. The quantitative estimate of drug-likeness (QED) is 0.307. The van der Waals surface area contributed by atoms with Crippen molar-refractivity contribution in [2.75, 3.05) is 18.7 Å². The monoisotopic (exact) mass is 482 g/mol. The fraction of sp³-hybridized carbons (Fsp3) is 0.320. The van der Waals surface area contributed by atoms with Crippen molar-refractivity contribution in [1.82, 2.24) is 4.90 Å². The smallest absolute Gasteiger partial charge is 0.266 e. The van der Waals surface area contributed by atoms with E-state index in [9.17, 15) is 9.59 Å². The summed E-state index contributed by atoms with van der Waals surface area (Å²) in [6.07, 6.45) is 4.69. The standard InChI is InChI=1S/C25H26N2O4S2/c1-16-7-6-8-19(17(16)2)26-23(28)9-4-3-5-12-27-24(29)22(33-25(27)32)14-18-10-11-20-21(13-18)31-15-30-20/h6-8,10-11,13-14H,3-5,9,12,15H2,1-2H3,(H,26,28). The van der Waals surface area contributed by atoms with Gasteiger partial charge in [0.15, 0.2) is 11.5 Å². The molecule has 172 valence electrons. The van der Waals surface area contributed by atoms with Crippen molar-refractivity contribution in [2.45, 2.75) is 39.5 Å². The fourth-order valence-corrected chi connectivity index (χ4v) is 4.99. The number of benzene rings is 2. The van der Waals surface area contributed by atoms with E-state index in [-0.39, 0.29) is 18.6 Å². The molecule has 0 atom stereocenters. The van der Waals surface area contributed by atoms with Crippen molar-refractivity contribution in [3.05, 3.63) is 58.0 Å². The lowest BCUT2D eigenvalue weighted by Crippen LogP contribution is -2.29. The number of carbonyl (C=O) groups is 2. The Morgan fingerprint density at radius 2 is 1.97 bits per heavy atom. The minimum atomic E-state index is -0.0738. The van der Waals surface area contributed by atoms with E-state index < -0.39 is 0 Å². The third kappa shape index (κ3) is 5.57. The Balaban J connectivity index is 1.23. The molecule has 2 heterocycles. The molecule has 2 aromatic rings. The molecule has 8 heteroatoms. The summed E-state index contributed by atoms with van der Waals surface area (Å²) in [7, 11) is 0. The summed E-state index contributed by atoms with van der Waals surface area (Å²) < 4.78 is 11.3. The first kappa shape index (κ1) is 23.3. The number of ether oxygens (including phenoxy) is 2. The van der Waals surface area contributed by atoms with Crippen molar-refractivity contribution in [2.24, 2.45) is 0 Å². The van der Waals surface area contributed by atoms with Gasteiger partial charge >= 0.3 is 0 Å². The normalized spacial score (nSPS) is 16.1. The van der Waals surface area contributed by atoms with Crippen LogP contribution >= 0.6 is 24.0 Å². The van der Waals surface area contributed by atoms with Crippen molar-refractivity contribution >= 4 is 51.9 Å². The molecule has 2 aromatic carbocycles. The van der Waals surface area contributed by atoms with Gasteiger partial charge in [-0.2, -0.15) is 0 Å². The lowest BCUT2D eigenvalue weighted by atomic mass is 10.1. The topological polar surface area (TPSA) is 67.9 Å². The van der Waals surface area contributed by atoms with E-state index in [1.165, 1.54) is 11.8 Å². The number of hydrogen-bond donors (Lipinski definition) is 1. The molecule has 33 heavy (non-hydrogen) atoms. The predicted octanol–water partition coefficient (Wildman–Crippen LogP) is 5.43. The summed E-state index contributed by atoms with van der Waals surface area (Å²) in [5, 5.41) is 2.99. The summed E-state index contributed by atoms with van der Waals surface area (Å²) in [5.74, 6) is 1.33. The van der Waals surface area contributed by atoms with Gasteiger partial charge in [0.2, 0.25) is 12.7 Å². The maximum absolute atomic E-state index is 12.8. The Labute approximate surface area is 203 Å². The van der Waals surface area contributed by atoms with Crippen LogP contribution in [0.15, 0.2) is 41.3 Å². The summed E-state index contributed by atoms with van der Waals surface area (Å²) in [6, 6.07) is 11.5. The van der Waals surface area contributed by atoms with Crippen LogP contribution < -0.4 is 14.8 Å². The summed E-state index contributed by atoms with van der Waals surface area (Å²) >= 11 is 6.74. The van der Waals surface area contributed by atoms with Crippen LogP contribution in [0.2, 0.25) is 0 Å². The molecule has 0 bridgehead atoms. The highest BCUT2D eigenvalue weighted by Crippen LogP contribution is 2.36. The Morgan fingerprint density at radius 3 is 2.82 bits per heavy atom. The molecule has 0 saturated carbocycles. The highest BCUT2D eigenvalue weighted by atomic mass is 32.2. The number of amides is 2. The number of thiocarbonyl (C=S) groups is 1. The number of rotatable bonds is 8. The van der Waals surface area contributed by atoms with Crippen LogP contribution in [0.3, 0.4) is 0 Å². The number of unbranched alkanes of at least 4 members (excludes halogenated alkanes) is 2. The average Bonchev–Trinajstić information content (AvgIpc) is 3.36. The number of aryl methyl sites for hydroxylation is 1. The first-order valence-electron chi connectivity index (χ1n) is 10.9. The Morgan fingerprint density at radius 1 is 1.15 bits per heavy atom. The minimum Gasteiger partial charge on any atom is -0.454 e. The number of thioether (sulfide) groups is 1. The Kier molecular flexibility index (Phi) is 7.35. The van der Waals surface area contributed by atoms with Gasteiger partial charge in [0.25, 0.3) is 5.91 Å². The lowest BCUT2D eigenvalue weighted by molar-refractivity contribution is -0.122. The number of nitrogens with zero attached hydrogens (tertiary/aromatic N) is 1. The maximum atomic E-state index is 12.8. The summed E-state index contributed by atoms with van der Waals surface area (Å²) in [6.45, 7) is 4.81. The van der Waals surface area contributed by atoms with E-state index in [2.05, 4.69) is 5.32 Å². The number of nitrogens with one attached hydrogen (secondary N) is 1. The van der Waals surface area contributed by atoms with Gasteiger partial charge in [0.05, 0.1) is 4.91 Å². The largest absolute Gasteiger partial charge is 0.454 e. The van der Waals surface area contributed by atoms with Crippen LogP contribution in [-0.2, 0) is 9.59 Å². The zero-order valence-electron chi connectivity index (χ0n) is 18.7. The molecular formula is C25H26N2O4S2. The van der Waals surface area contributed by atoms with Crippen LogP contribution in [0.25, 0.3) is 6.08 Å². The van der Waals surface area contributed by atoms with Crippen molar-refractivity contribution < 1.29 is 19.1 Å². The van der Waals surface area contributed by atoms with Crippen LogP contribution in [0.4, 0.5) is 5.69 Å². The van der Waals surface area contributed by atoms with Crippen molar-refractivity contribution in [3.63, 3.8) is 0 Å². The third-order valence-electron chi connectivity index (χ3n) is 5.73. The van der Waals surface area contributed by atoms with Crippen LogP contribution in [0, 0.1) is 13.8 Å². The predicted molar refractivity (Wildman–Crippen MR) is 135 cm³/mol. The number of anilines is 1. The first-order valence-corrected chi connectivity index (χ1v) is 12.2. The molecule has 2 aliphatic rings. The van der Waals surface area contributed by atoms with Crippen LogP contribution in [-0.4, -0.2) is 34.4 Å².